The molecule has 0 unspecified atom stereocenters. The van der Waals surface area contributed by atoms with Crippen LogP contribution in [0, 0.1) is 5.82 Å². The van der Waals surface area contributed by atoms with Gasteiger partial charge in [-0.2, -0.15) is 0 Å². The van der Waals surface area contributed by atoms with Crippen molar-refractivity contribution in [1.82, 2.24) is 9.47 Å². The normalized spacial score (nSPS) is 11.0. The first-order valence-electron chi connectivity index (χ1n) is 11.4. The number of hydrogen-bond donors (Lipinski definition) is 0. The summed E-state index contributed by atoms with van der Waals surface area (Å²) in [5.41, 5.74) is 3.87. The molecule has 170 valence electrons. The molecule has 3 aromatic rings. The van der Waals surface area contributed by atoms with Crippen LogP contribution in [0.2, 0.25) is 0 Å². The van der Waals surface area contributed by atoms with E-state index in [1.165, 1.54) is 11.6 Å². The Balaban J connectivity index is 1.74. The number of carbonyl (C=O) groups is 1. The zero-order chi connectivity index (χ0) is 22.8. The Bertz CT molecular complexity index is 981. The van der Waals surface area contributed by atoms with E-state index in [-0.39, 0.29) is 11.7 Å². The van der Waals surface area contributed by atoms with Crippen LogP contribution < -0.4 is 0 Å². The highest BCUT2D eigenvalue weighted by Crippen LogP contribution is 2.16. The summed E-state index contributed by atoms with van der Waals surface area (Å²) in [4.78, 5) is 15.2. The van der Waals surface area contributed by atoms with Gasteiger partial charge in [-0.25, -0.2) is 4.39 Å². The van der Waals surface area contributed by atoms with Gasteiger partial charge in [0.1, 0.15) is 5.82 Å². The van der Waals surface area contributed by atoms with Crippen LogP contribution in [0.1, 0.15) is 53.4 Å². The summed E-state index contributed by atoms with van der Waals surface area (Å²) >= 11 is 0. The molecular weight excluding hydrogens is 403 g/mol. The average Bonchev–Trinajstić information content (AvgIpc) is 3.23. The lowest BCUT2D eigenvalue weighted by Crippen LogP contribution is -2.33. The van der Waals surface area contributed by atoms with Crippen molar-refractivity contribution in [2.45, 2.75) is 45.7 Å². The Hall–Kier alpha value is -2.92. The molecule has 2 aromatic carbocycles. The van der Waals surface area contributed by atoms with Gasteiger partial charge in [-0.05, 0) is 66.8 Å². The Labute approximate surface area is 190 Å². The number of halogens is 1. The first kappa shape index (κ1) is 23.7. The van der Waals surface area contributed by atoms with E-state index in [2.05, 4.69) is 23.6 Å². The number of ether oxygens (including phenoxy) is 1. The summed E-state index contributed by atoms with van der Waals surface area (Å²) in [5.74, 6) is -0.225. The molecule has 0 saturated carbocycles. The number of aryl methyl sites for hydroxylation is 1. The lowest BCUT2D eigenvalue weighted by atomic mass is 10.1. The molecule has 3 rings (SSSR count). The maximum absolute atomic E-state index is 13.6. The minimum atomic E-state index is -0.241. The second kappa shape index (κ2) is 12.2. The van der Waals surface area contributed by atoms with Crippen molar-refractivity contribution in [3.8, 4) is 0 Å². The van der Waals surface area contributed by atoms with E-state index in [0.717, 1.165) is 36.9 Å². The van der Waals surface area contributed by atoms with Crippen molar-refractivity contribution in [2.24, 2.45) is 0 Å². The summed E-state index contributed by atoms with van der Waals surface area (Å²) in [5, 5.41) is 0. The van der Waals surface area contributed by atoms with E-state index in [1.54, 1.807) is 19.2 Å². The van der Waals surface area contributed by atoms with Gasteiger partial charge >= 0.3 is 0 Å². The number of benzene rings is 2. The Morgan fingerprint density at radius 1 is 1.03 bits per heavy atom. The van der Waals surface area contributed by atoms with Gasteiger partial charge in [-0.1, -0.05) is 37.6 Å². The number of aromatic nitrogens is 1. The molecule has 0 fully saturated rings. The fraction of sp³-hybridized carbons (Fsp3) is 0.370. The minimum absolute atomic E-state index is 0.0154. The highest BCUT2D eigenvalue weighted by Gasteiger charge is 2.18. The van der Waals surface area contributed by atoms with Gasteiger partial charge in [0, 0.05) is 44.3 Å². The van der Waals surface area contributed by atoms with E-state index in [4.69, 9.17) is 4.74 Å². The summed E-state index contributed by atoms with van der Waals surface area (Å²) in [6.07, 6.45) is 6.08. The van der Waals surface area contributed by atoms with Crippen LogP contribution >= 0.6 is 0 Å². The van der Waals surface area contributed by atoms with Crippen LogP contribution in [0.5, 0.6) is 0 Å². The largest absolute Gasteiger partial charge is 0.385 e. The first-order valence-corrected chi connectivity index (χ1v) is 11.4. The molecule has 0 aliphatic rings. The summed E-state index contributed by atoms with van der Waals surface area (Å²) in [6, 6.07) is 18.6. The van der Waals surface area contributed by atoms with Crippen molar-refractivity contribution >= 4 is 5.91 Å². The lowest BCUT2D eigenvalue weighted by molar-refractivity contribution is 0.0720. The number of carbonyl (C=O) groups excluding carboxylic acids is 1. The zero-order valence-corrected chi connectivity index (χ0v) is 19.1. The highest BCUT2D eigenvalue weighted by atomic mass is 19.1. The number of rotatable bonds is 12. The van der Waals surface area contributed by atoms with E-state index in [9.17, 15) is 9.18 Å². The minimum Gasteiger partial charge on any atom is -0.385 e. The number of amides is 1. The second-order valence-electron chi connectivity index (χ2n) is 8.13. The molecule has 0 N–H and O–H groups in total. The lowest BCUT2D eigenvalue weighted by Gasteiger charge is -2.24. The predicted octanol–water partition coefficient (Wildman–Crippen LogP) is 5.70. The third-order valence-electron chi connectivity index (χ3n) is 5.60. The SMILES string of the molecule is CCCCc1ccc(C(=O)N(CCCOC)Cc2cccn2Cc2cccc(F)c2)cc1. The molecule has 1 heterocycles. The fourth-order valence-corrected chi connectivity index (χ4v) is 3.80. The Kier molecular flexibility index (Phi) is 9.05. The average molecular weight is 437 g/mol. The van der Waals surface area contributed by atoms with Crippen LogP contribution in [0.25, 0.3) is 0 Å². The maximum Gasteiger partial charge on any atom is 0.254 e. The fourth-order valence-electron chi connectivity index (χ4n) is 3.80. The molecule has 0 aliphatic carbocycles. The van der Waals surface area contributed by atoms with E-state index in [0.29, 0.717) is 31.8 Å². The molecular formula is C27H33FN2O2. The topological polar surface area (TPSA) is 34.5 Å². The van der Waals surface area contributed by atoms with E-state index >= 15 is 0 Å². The molecule has 0 atom stereocenters. The number of unbranched alkanes of at least 4 members (excludes halogenated alkanes) is 1. The van der Waals surface area contributed by atoms with Gasteiger partial charge in [-0.15, -0.1) is 0 Å². The molecule has 5 heteroatoms. The number of hydrogen-bond acceptors (Lipinski definition) is 2. The van der Waals surface area contributed by atoms with E-state index < -0.39 is 0 Å². The van der Waals surface area contributed by atoms with Crippen molar-refractivity contribution in [2.75, 3.05) is 20.3 Å². The van der Waals surface area contributed by atoms with Crippen LogP contribution in [0.3, 0.4) is 0 Å². The Morgan fingerprint density at radius 3 is 2.56 bits per heavy atom. The molecule has 0 aliphatic heterocycles. The van der Waals surface area contributed by atoms with Gasteiger partial charge in [0.15, 0.2) is 0 Å². The molecule has 4 nitrogen and oxygen atoms in total. The maximum atomic E-state index is 13.6. The third kappa shape index (κ3) is 6.79. The monoisotopic (exact) mass is 436 g/mol. The summed E-state index contributed by atoms with van der Waals surface area (Å²) in [7, 11) is 1.67. The first-order chi connectivity index (χ1) is 15.6. The molecule has 32 heavy (non-hydrogen) atoms. The quantitative estimate of drug-likeness (QED) is 0.342. The van der Waals surface area contributed by atoms with Gasteiger partial charge in [0.25, 0.3) is 5.91 Å². The van der Waals surface area contributed by atoms with Crippen LogP contribution in [0.15, 0.2) is 66.9 Å². The second-order valence-corrected chi connectivity index (χ2v) is 8.13. The van der Waals surface area contributed by atoms with Crippen LogP contribution in [-0.4, -0.2) is 35.6 Å². The molecule has 1 aromatic heterocycles. The zero-order valence-electron chi connectivity index (χ0n) is 19.1. The van der Waals surface area contributed by atoms with Crippen molar-refractivity contribution in [3.63, 3.8) is 0 Å². The third-order valence-corrected chi connectivity index (χ3v) is 5.60. The smallest absolute Gasteiger partial charge is 0.254 e. The van der Waals surface area contributed by atoms with Gasteiger partial charge < -0.3 is 14.2 Å². The summed E-state index contributed by atoms with van der Waals surface area (Å²) in [6.45, 7) is 4.44. The standard InChI is InChI=1S/C27H33FN2O2/c1-3-4-8-22-12-14-24(15-13-22)27(31)30(17-7-18-32-2)21-26-11-6-16-29(26)20-23-9-5-10-25(28)19-23/h5-6,9-16,19H,3-4,7-8,17-18,20-21H2,1-2H3. The van der Waals surface area contributed by atoms with E-state index in [1.807, 2.05) is 41.4 Å². The van der Waals surface area contributed by atoms with Crippen molar-refractivity contribution in [3.05, 3.63) is 95.1 Å². The molecule has 0 spiro atoms. The van der Waals surface area contributed by atoms with Gasteiger partial charge in [0.05, 0.1) is 6.54 Å². The molecule has 1 amide bonds. The summed E-state index contributed by atoms with van der Waals surface area (Å²) < 4.78 is 20.9. The van der Waals surface area contributed by atoms with Crippen LogP contribution in [0.4, 0.5) is 4.39 Å². The molecule has 0 bridgehead atoms. The number of methoxy groups -OCH3 is 1. The van der Waals surface area contributed by atoms with Crippen molar-refractivity contribution in [1.29, 1.82) is 0 Å². The van der Waals surface area contributed by atoms with Gasteiger partial charge in [-0.3, -0.25) is 4.79 Å². The number of nitrogens with zero attached hydrogens (tertiary/aromatic N) is 2. The predicted molar refractivity (Wildman–Crippen MR) is 126 cm³/mol. The molecule has 0 radical (unpaired) electrons. The van der Waals surface area contributed by atoms with Crippen LogP contribution in [-0.2, 0) is 24.2 Å². The van der Waals surface area contributed by atoms with Gasteiger partial charge in [0.2, 0.25) is 0 Å². The van der Waals surface area contributed by atoms with Crippen molar-refractivity contribution < 1.29 is 13.9 Å². The highest BCUT2D eigenvalue weighted by molar-refractivity contribution is 5.94. The Morgan fingerprint density at radius 2 is 1.84 bits per heavy atom. The molecule has 0 saturated heterocycles.